The lowest BCUT2D eigenvalue weighted by Gasteiger charge is -2.41. The van der Waals surface area contributed by atoms with Crippen LogP contribution in [-0.2, 0) is 0 Å². The van der Waals surface area contributed by atoms with Gasteiger partial charge in [-0.2, -0.15) is 0 Å². The van der Waals surface area contributed by atoms with Gasteiger partial charge in [0, 0.05) is 23.2 Å². The Kier molecular flexibility index (Phi) is 4.01. The molecular formula is C16H21BrN2O. The molecule has 2 N–H and O–H groups in total. The highest BCUT2D eigenvalue weighted by atomic mass is 79.9. The van der Waals surface area contributed by atoms with E-state index in [-0.39, 0.29) is 5.91 Å². The molecule has 1 aliphatic heterocycles. The number of rotatable bonds is 1. The molecule has 2 aliphatic rings. The first-order valence-electron chi connectivity index (χ1n) is 7.49. The van der Waals surface area contributed by atoms with E-state index in [1.165, 1.54) is 25.7 Å². The maximum absolute atomic E-state index is 12.7. The average Bonchev–Trinajstić information content (AvgIpc) is 2.48. The summed E-state index contributed by atoms with van der Waals surface area (Å²) in [6.45, 7) is 1.81. The van der Waals surface area contributed by atoms with Crippen LogP contribution in [0, 0.1) is 11.8 Å². The molecule has 2 unspecified atom stereocenters. The molecule has 0 radical (unpaired) electrons. The highest BCUT2D eigenvalue weighted by Gasteiger charge is 2.33. The van der Waals surface area contributed by atoms with E-state index < -0.39 is 0 Å². The van der Waals surface area contributed by atoms with Gasteiger partial charge in [-0.3, -0.25) is 4.79 Å². The number of hydrogen-bond acceptors (Lipinski definition) is 2. The molecule has 108 valence electrons. The maximum Gasteiger partial charge on any atom is 0.255 e. The van der Waals surface area contributed by atoms with Crippen LogP contribution in [0.4, 0.5) is 5.69 Å². The van der Waals surface area contributed by atoms with E-state index in [1.807, 2.05) is 17.0 Å². The summed E-state index contributed by atoms with van der Waals surface area (Å²) in [7, 11) is 0. The van der Waals surface area contributed by atoms with Crippen molar-refractivity contribution < 1.29 is 4.79 Å². The molecule has 20 heavy (non-hydrogen) atoms. The van der Waals surface area contributed by atoms with Crippen LogP contribution in [0.15, 0.2) is 22.7 Å². The highest BCUT2D eigenvalue weighted by Crippen LogP contribution is 2.36. The number of benzene rings is 1. The molecule has 0 aromatic heterocycles. The van der Waals surface area contributed by atoms with Crippen LogP contribution in [0.3, 0.4) is 0 Å². The molecule has 0 spiro atoms. The smallest absolute Gasteiger partial charge is 0.255 e. The molecule has 0 bridgehead atoms. The number of nitrogens with zero attached hydrogens (tertiary/aromatic N) is 1. The zero-order valence-electron chi connectivity index (χ0n) is 11.6. The lowest BCUT2D eigenvalue weighted by molar-refractivity contribution is 0.0520. The van der Waals surface area contributed by atoms with Crippen LogP contribution >= 0.6 is 15.9 Å². The summed E-state index contributed by atoms with van der Waals surface area (Å²) in [6, 6.07) is 5.45. The first-order valence-corrected chi connectivity index (χ1v) is 8.29. The summed E-state index contributed by atoms with van der Waals surface area (Å²) < 4.78 is 0.836. The number of amides is 1. The van der Waals surface area contributed by atoms with Gasteiger partial charge in [-0.1, -0.05) is 19.3 Å². The van der Waals surface area contributed by atoms with Gasteiger partial charge < -0.3 is 10.6 Å². The standard InChI is InChI=1S/C16H21BrN2O/c17-15-6-5-13(18)9-14(15)16(20)19-8-7-11-3-1-2-4-12(11)10-19/h5-6,9,11-12H,1-4,7-8,10,18H2. The van der Waals surface area contributed by atoms with Gasteiger partial charge in [0.2, 0.25) is 0 Å². The number of hydrogen-bond donors (Lipinski definition) is 1. The van der Waals surface area contributed by atoms with Gasteiger partial charge in [0.15, 0.2) is 0 Å². The molecular weight excluding hydrogens is 316 g/mol. The van der Waals surface area contributed by atoms with Crippen molar-refractivity contribution in [2.24, 2.45) is 11.8 Å². The number of nitrogen functional groups attached to an aromatic ring is 1. The van der Waals surface area contributed by atoms with E-state index in [2.05, 4.69) is 15.9 Å². The van der Waals surface area contributed by atoms with E-state index in [4.69, 9.17) is 5.73 Å². The zero-order chi connectivity index (χ0) is 14.1. The predicted molar refractivity (Wildman–Crippen MR) is 84.5 cm³/mol. The summed E-state index contributed by atoms with van der Waals surface area (Å²) in [4.78, 5) is 14.7. The molecule has 1 amide bonds. The number of piperidine rings is 1. The van der Waals surface area contributed by atoms with Crippen LogP contribution < -0.4 is 5.73 Å². The first-order chi connectivity index (χ1) is 9.65. The molecule has 2 fully saturated rings. The fourth-order valence-corrected chi connectivity index (χ4v) is 4.08. The Labute approximate surface area is 128 Å². The van der Waals surface area contributed by atoms with Crippen molar-refractivity contribution in [1.82, 2.24) is 4.90 Å². The zero-order valence-corrected chi connectivity index (χ0v) is 13.2. The summed E-state index contributed by atoms with van der Waals surface area (Å²) in [5, 5.41) is 0. The summed E-state index contributed by atoms with van der Waals surface area (Å²) in [5.74, 6) is 1.67. The number of fused-ring (bicyclic) bond motifs is 1. The number of carbonyl (C=O) groups is 1. The Hall–Kier alpha value is -1.03. The van der Waals surface area contributed by atoms with Crippen LogP contribution in [0.1, 0.15) is 42.5 Å². The van der Waals surface area contributed by atoms with Gasteiger partial charge in [-0.05, 0) is 58.8 Å². The van der Waals surface area contributed by atoms with Crippen molar-refractivity contribution in [2.45, 2.75) is 32.1 Å². The normalized spacial score (nSPS) is 26.1. The minimum atomic E-state index is 0.119. The Morgan fingerprint density at radius 1 is 1.20 bits per heavy atom. The van der Waals surface area contributed by atoms with Crippen LogP contribution in [0.2, 0.25) is 0 Å². The minimum absolute atomic E-state index is 0.119. The Morgan fingerprint density at radius 2 is 1.95 bits per heavy atom. The Morgan fingerprint density at radius 3 is 2.75 bits per heavy atom. The second-order valence-electron chi connectivity index (χ2n) is 6.08. The SMILES string of the molecule is Nc1ccc(Br)c(C(=O)N2CCC3CCCCC3C2)c1. The van der Waals surface area contributed by atoms with Crippen molar-refractivity contribution in [3.05, 3.63) is 28.2 Å². The quantitative estimate of drug-likeness (QED) is 0.795. The van der Waals surface area contributed by atoms with E-state index >= 15 is 0 Å². The van der Waals surface area contributed by atoms with Crippen LogP contribution in [0.25, 0.3) is 0 Å². The van der Waals surface area contributed by atoms with Crippen molar-refractivity contribution in [3.8, 4) is 0 Å². The van der Waals surface area contributed by atoms with E-state index in [1.54, 1.807) is 6.07 Å². The molecule has 4 heteroatoms. The number of likely N-dealkylation sites (tertiary alicyclic amines) is 1. The van der Waals surface area contributed by atoms with Crippen molar-refractivity contribution in [3.63, 3.8) is 0 Å². The number of halogens is 1. The molecule has 1 aromatic carbocycles. The molecule has 2 atom stereocenters. The third-order valence-electron chi connectivity index (χ3n) is 4.80. The fourth-order valence-electron chi connectivity index (χ4n) is 3.66. The third-order valence-corrected chi connectivity index (χ3v) is 5.49. The van der Waals surface area contributed by atoms with Gasteiger partial charge in [0.25, 0.3) is 5.91 Å². The van der Waals surface area contributed by atoms with Gasteiger partial charge in [0.1, 0.15) is 0 Å². The molecule has 1 heterocycles. The highest BCUT2D eigenvalue weighted by molar-refractivity contribution is 9.10. The number of carbonyl (C=O) groups excluding carboxylic acids is 1. The number of anilines is 1. The Balaban J connectivity index is 1.76. The number of nitrogens with two attached hydrogens (primary N) is 1. The lowest BCUT2D eigenvalue weighted by atomic mass is 9.75. The molecule has 1 saturated heterocycles. The maximum atomic E-state index is 12.7. The van der Waals surface area contributed by atoms with Crippen LogP contribution in [0.5, 0.6) is 0 Å². The summed E-state index contributed by atoms with van der Waals surface area (Å²) >= 11 is 3.46. The predicted octanol–water partition coefficient (Wildman–Crippen LogP) is 3.68. The first kappa shape index (κ1) is 13.9. The molecule has 3 rings (SSSR count). The van der Waals surface area contributed by atoms with Crippen molar-refractivity contribution in [1.29, 1.82) is 0 Å². The van der Waals surface area contributed by atoms with E-state index in [0.717, 1.165) is 29.9 Å². The van der Waals surface area contributed by atoms with E-state index in [0.29, 0.717) is 17.2 Å². The largest absolute Gasteiger partial charge is 0.399 e. The van der Waals surface area contributed by atoms with Gasteiger partial charge in [-0.15, -0.1) is 0 Å². The van der Waals surface area contributed by atoms with Crippen molar-refractivity contribution >= 4 is 27.5 Å². The van der Waals surface area contributed by atoms with Gasteiger partial charge in [-0.25, -0.2) is 0 Å². The summed E-state index contributed by atoms with van der Waals surface area (Å²) in [6.07, 6.45) is 6.50. The Bertz CT molecular complexity index is 517. The average molecular weight is 337 g/mol. The van der Waals surface area contributed by atoms with E-state index in [9.17, 15) is 4.79 Å². The van der Waals surface area contributed by atoms with Crippen molar-refractivity contribution in [2.75, 3.05) is 18.8 Å². The van der Waals surface area contributed by atoms with Gasteiger partial charge in [0.05, 0.1) is 5.56 Å². The van der Waals surface area contributed by atoms with Gasteiger partial charge >= 0.3 is 0 Å². The second-order valence-corrected chi connectivity index (χ2v) is 6.94. The third kappa shape index (κ3) is 2.71. The molecule has 3 nitrogen and oxygen atoms in total. The summed E-state index contributed by atoms with van der Waals surface area (Å²) in [5.41, 5.74) is 7.15. The lowest BCUT2D eigenvalue weighted by Crippen LogP contribution is -2.44. The van der Waals surface area contributed by atoms with Crippen LogP contribution in [-0.4, -0.2) is 23.9 Å². The topological polar surface area (TPSA) is 46.3 Å². The fraction of sp³-hybridized carbons (Fsp3) is 0.562. The second kappa shape index (κ2) is 5.76. The minimum Gasteiger partial charge on any atom is -0.399 e. The molecule has 1 saturated carbocycles. The molecule has 1 aliphatic carbocycles. The monoisotopic (exact) mass is 336 g/mol. The molecule has 1 aromatic rings.